The fourth-order valence-corrected chi connectivity index (χ4v) is 3.24. The summed E-state index contributed by atoms with van der Waals surface area (Å²) in [5, 5.41) is 13.9. The third-order valence-corrected chi connectivity index (χ3v) is 3.91. The monoisotopic (exact) mass is 315 g/mol. The van der Waals surface area contributed by atoms with Crippen molar-refractivity contribution in [2.24, 2.45) is 7.05 Å². The topological polar surface area (TPSA) is 68.0 Å². The molecule has 0 radical (unpaired) electrons. The van der Waals surface area contributed by atoms with Crippen molar-refractivity contribution in [1.29, 1.82) is 0 Å². The third-order valence-electron chi connectivity index (χ3n) is 2.29. The van der Waals surface area contributed by atoms with Crippen LogP contribution in [-0.2, 0) is 7.05 Å². The lowest BCUT2D eigenvalue weighted by Crippen LogP contribution is -2.11. The zero-order chi connectivity index (χ0) is 12.6. The third kappa shape index (κ3) is 2.18. The number of aryl methyl sites for hydroxylation is 2. The quantitative estimate of drug-likeness (QED) is 0.877. The van der Waals surface area contributed by atoms with Crippen LogP contribution in [0.1, 0.15) is 15.5 Å². The van der Waals surface area contributed by atoms with Crippen molar-refractivity contribution in [1.82, 2.24) is 14.8 Å². The molecule has 5 nitrogen and oxygen atoms in total. The number of carbonyl (C=O) groups excluding carboxylic acids is 1. The Labute approximate surface area is 110 Å². The molecule has 17 heavy (non-hydrogen) atoms. The van der Waals surface area contributed by atoms with E-state index in [1.54, 1.807) is 13.2 Å². The second kappa shape index (κ2) is 4.67. The van der Waals surface area contributed by atoms with Crippen molar-refractivity contribution in [3.05, 3.63) is 20.7 Å². The Bertz CT molecular complexity index is 576. The molecule has 1 N–H and O–H groups in total. The summed E-state index contributed by atoms with van der Waals surface area (Å²) < 4.78 is 2.31. The number of Topliss-reactive ketones (excluding diaryl/α,β-unsaturated/α-hetero) is 1. The van der Waals surface area contributed by atoms with Gasteiger partial charge >= 0.3 is 0 Å². The van der Waals surface area contributed by atoms with Crippen LogP contribution in [0.25, 0.3) is 11.3 Å². The van der Waals surface area contributed by atoms with Crippen LogP contribution in [0.4, 0.5) is 0 Å². The average molecular weight is 316 g/mol. The van der Waals surface area contributed by atoms with Gasteiger partial charge < -0.3 is 5.11 Å². The predicted octanol–water partition coefficient (Wildman–Crippen LogP) is 1.79. The van der Waals surface area contributed by atoms with Crippen LogP contribution < -0.4 is 0 Å². The fourth-order valence-electron chi connectivity index (χ4n) is 1.58. The van der Waals surface area contributed by atoms with Gasteiger partial charge in [0, 0.05) is 7.05 Å². The van der Waals surface area contributed by atoms with E-state index in [0.717, 1.165) is 8.79 Å². The van der Waals surface area contributed by atoms with E-state index < -0.39 is 6.61 Å². The molecule has 2 rings (SSSR count). The molecular weight excluding hydrogens is 306 g/mol. The van der Waals surface area contributed by atoms with Crippen LogP contribution >= 0.6 is 27.3 Å². The lowest BCUT2D eigenvalue weighted by atomic mass is 10.1. The van der Waals surface area contributed by atoms with E-state index in [-0.39, 0.29) is 5.78 Å². The van der Waals surface area contributed by atoms with Gasteiger partial charge in [-0.05, 0) is 22.9 Å². The van der Waals surface area contributed by atoms with Gasteiger partial charge in [-0.1, -0.05) is 0 Å². The first-order valence-electron chi connectivity index (χ1n) is 4.84. The second-order valence-electron chi connectivity index (χ2n) is 3.47. The molecule has 0 spiro atoms. The van der Waals surface area contributed by atoms with Crippen LogP contribution in [0, 0.1) is 6.92 Å². The Morgan fingerprint density at radius 2 is 2.35 bits per heavy atom. The van der Waals surface area contributed by atoms with E-state index in [4.69, 9.17) is 5.11 Å². The minimum Gasteiger partial charge on any atom is -0.388 e. The number of carbonyl (C=O) groups is 1. The van der Waals surface area contributed by atoms with Gasteiger partial charge in [0.25, 0.3) is 0 Å². The highest BCUT2D eigenvalue weighted by Crippen LogP contribution is 2.34. The lowest BCUT2D eigenvalue weighted by molar-refractivity contribution is 0.0895. The van der Waals surface area contributed by atoms with Crippen LogP contribution in [0.15, 0.2) is 9.98 Å². The van der Waals surface area contributed by atoms with E-state index in [2.05, 4.69) is 26.0 Å². The molecule has 0 atom stereocenters. The maximum atomic E-state index is 11.7. The van der Waals surface area contributed by atoms with E-state index >= 15 is 0 Å². The van der Waals surface area contributed by atoms with Crippen molar-refractivity contribution >= 4 is 33.0 Å². The Hall–Kier alpha value is -1.05. The summed E-state index contributed by atoms with van der Waals surface area (Å²) in [5.74, 6) is -0.363. The van der Waals surface area contributed by atoms with E-state index in [1.807, 2.05) is 6.92 Å². The minimum atomic E-state index is -0.534. The lowest BCUT2D eigenvalue weighted by Gasteiger charge is -2.01. The SMILES string of the molecule is Cc1nc(-c2cnn(C)c2C(=O)CO)c(Br)s1. The molecule has 90 valence electrons. The Morgan fingerprint density at radius 1 is 1.65 bits per heavy atom. The Balaban J connectivity index is 2.60. The standard InChI is InChI=1S/C10H10BrN3O2S/c1-5-13-8(10(11)17-5)6-3-12-14(2)9(6)7(16)4-15/h3,15H,4H2,1-2H3. The summed E-state index contributed by atoms with van der Waals surface area (Å²) in [5.41, 5.74) is 1.71. The van der Waals surface area contributed by atoms with Gasteiger partial charge in [-0.15, -0.1) is 11.3 Å². The number of nitrogens with zero attached hydrogens (tertiary/aromatic N) is 3. The second-order valence-corrected chi connectivity index (χ2v) is 5.99. The molecule has 0 unspecified atom stereocenters. The van der Waals surface area contributed by atoms with E-state index in [9.17, 15) is 4.79 Å². The molecule has 0 fully saturated rings. The molecule has 0 aliphatic heterocycles. The first-order chi connectivity index (χ1) is 8.04. The van der Waals surface area contributed by atoms with Crippen molar-refractivity contribution in [3.63, 3.8) is 0 Å². The highest BCUT2D eigenvalue weighted by molar-refractivity contribution is 9.11. The molecule has 0 aromatic carbocycles. The number of aliphatic hydroxyl groups excluding tert-OH is 1. The molecule has 0 aliphatic rings. The van der Waals surface area contributed by atoms with Crippen molar-refractivity contribution in [2.45, 2.75) is 6.92 Å². The molecule has 2 aromatic rings. The smallest absolute Gasteiger partial charge is 0.206 e. The number of thiazole rings is 1. The van der Waals surface area contributed by atoms with Crippen LogP contribution in [0.2, 0.25) is 0 Å². The molecule has 0 bridgehead atoms. The first kappa shape index (κ1) is 12.4. The molecule has 7 heteroatoms. The molecule has 0 aliphatic carbocycles. The number of ketones is 1. The molecule has 2 heterocycles. The van der Waals surface area contributed by atoms with Gasteiger partial charge in [-0.25, -0.2) is 4.98 Å². The Kier molecular flexibility index (Phi) is 3.41. The van der Waals surface area contributed by atoms with Crippen molar-refractivity contribution in [2.75, 3.05) is 6.61 Å². The molecule has 0 saturated carbocycles. The maximum Gasteiger partial charge on any atom is 0.206 e. The summed E-state index contributed by atoms with van der Waals surface area (Å²) in [7, 11) is 1.67. The molecule has 2 aromatic heterocycles. The van der Waals surface area contributed by atoms with Gasteiger partial charge in [0.15, 0.2) is 0 Å². The summed E-state index contributed by atoms with van der Waals surface area (Å²) in [6, 6.07) is 0. The highest BCUT2D eigenvalue weighted by Gasteiger charge is 2.21. The zero-order valence-electron chi connectivity index (χ0n) is 9.27. The zero-order valence-corrected chi connectivity index (χ0v) is 11.7. The number of hydrogen-bond acceptors (Lipinski definition) is 5. The first-order valence-corrected chi connectivity index (χ1v) is 6.45. The number of halogens is 1. The predicted molar refractivity (Wildman–Crippen MR) is 68.2 cm³/mol. The minimum absolute atomic E-state index is 0.363. The van der Waals surface area contributed by atoms with E-state index in [0.29, 0.717) is 17.0 Å². The Morgan fingerprint density at radius 3 is 2.88 bits per heavy atom. The fraction of sp³-hybridized carbons (Fsp3) is 0.300. The highest BCUT2D eigenvalue weighted by atomic mass is 79.9. The van der Waals surface area contributed by atoms with Gasteiger partial charge in [-0.2, -0.15) is 5.10 Å². The van der Waals surface area contributed by atoms with Gasteiger partial charge in [0.2, 0.25) is 5.78 Å². The molecule has 0 amide bonds. The van der Waals surface area contributed by atoms with Crippen molar-refractivity contribution < 1.29 is 9.90 Å². The van der Waals surface area contributed by atoms with E-state index in [1.165, 1.54) is 16.0 Å². The normalized spacial score (nSPS) is 10.8. The van der Waals surface area contributed by atoms with Gasteiger partial charge in [0.05, 0.1) is 26.2 Å². The number of rotatable bonds is 3. The van der Waals surface area contributed by atoms with Gasteiger partial charge in [-0.3, -0.25) is 9.48 Å². The van der Waals surface area contributed by atoms with Crippen LogP contribution in [0.5, 0.6) is 0 Å². The number of aliphatic hydroxyl groups is 1. The summed E-state index contributed by atoms with van der Waals surface area (Å²) in [4.78, 5) is 16.0. The van der Waals surface area contributed by atoms with Crippen LogP contribution in [-0.4, -0.2) is 32.3 Å². The van der Waals surface area contributed by atoms with Crippen molar-refractivity contribution in [3.8, 4) is 11.3 Å². The average Bonchev–Trinajstić information content (AvgIpc) is 2.80. The summed E-state index contributed by atoms with van der Waals surface area (Å²) in [6.45, 7) is 1.36. The number of aromatic nitrogens is 3. The largest absolute Gasteiger partial charge is 0.388 e. The van der Waals surface area contributed by atoms with Gasteiger partial charge in [0.1, 0.15) is 12.3 Å². The molecule has 0 saturated heterocycles. The number of hydrogen-bond donors (Lipinski definition) is 1. The van der Waals surface area contributed by atoms with Crippen LogP contribution in [0.3, 0.4) is 0 Å². The summed E-state index contributed by atoms with van der Waals surface area (Å²) >= 11 is 4.91. The molecular formula is C10H10BrN3O2S. The summed E-state index contributed by atoms with van der Waals surface area (Å²) in [6.07, 6.45) is 1.59. The maximum absolute atomic E-state index is 11.7.